The third-order valence-corrected chi connectivity index (χ3v) is 6.68. The van der Waals surface area contributed by atoms with Gasteiger partial charge in [-0.25, -0.2) is 0 Å². The molecule has 90 valence electrons. The van der Waals surface area contributed by atoms with E-state index in [-0.39, 0.29) is 6.04 Å². The second-order valence-electron chi connectivity index (χ2n) is 4.42. The van der Waals surface area contributed by atoms with Gasteiger partial charge in [0.25, 0.3) is 0 Å². The van der Waals surface area contributed by atoms with Gasteiger partial charge < -0.3 is 10.2 Å². The summed E-state index contributed by atoms with van der Waals surface area (Å²) in [5.41, 5.74) is 7.48. The Morgan fingerprint density at radius 2 is 2.31 bits per heavy atom. The molecule has 4 unspecified atom stereocenters. The van der Waals surface area contributed by atoms with Gasteiger partial charge in [-0.1, -0.05) is 13.8 Å². The normalized spacial score (nSPS) is 32.6. The van der Waals surface area contributed by atoms with Crippen molar-refractivity contribution in [2.24, 2.45) is 5.73 Å². The average Bonchev–Trinajstić information content (AvgIpc) is 2.74. The topological polar surface area (TPSA) is 39.2 Å². The van der Waals surface area contributed by atoms with Crippen molar-refractivity contribution in [1.82, 2.24) is 0 Å². The van der Waals surface area contributed by atoms with E-state index in [4.69, 9.17) is 10.2 Å². The minimum atomic E-state index is 0.241. The zero-order valence-corrected chi connectivity index (χ0v) is 11.4. The second-order valence-corrected chi connectivity index (χ2v) is 7.45. The Hall–Kier alpha value is -0.0600. The van der Waals surface area contributed by atoms with Gasteiger partial charge in [0.15, 0.2) is 0 Å². The molecule has 0 radical (unpaired) electrons. The van der Waals surface area contributed by atoms with E-state index in [9.17, 15) is 0 Å². The van der Waals surface area contributed by atoms with Gasteiger partial charge in [0.1, 0.15) is 0 Å². The van der Waals surface area contributed by atoms with E-state index >= 15 is 0 Å². The fourth-order valence-corrected chi connectivity index (χ4v) is 4.91. The van der Waals surface area contributed by atoms with Crippen molar-refractivity contribution in [3.05, 3.63) is 24.2 Å². The van der Waals surface area contributed by atoms with Crippen LogP contribution in [-0.2, 0) is 6.42 Å². The summed E-state index contributed by atoms with van der Waals surface area (Å²) in [6, 6.07) is 2.25. The quantitative estimate of drug-likeness (QED) is 0.904. The monoisotopic (exact) mass is 257 g/mol. The molecule has 1 aromatic heterocycles. The van der Waals surface area contributed by atoms with Crippen molar-refractivity contribution in [3.63, 3.8) is 0 Å². The third-order valence-electron chi connectivity index (χ3n) is 3.10. The molecule has 0 amide bonds. The van der Waals surface area contributed by atoms with E-state index in [1.54, 1.807) is 12.5 Å². The van der Waals surface area contributed by atoms with Crippen LogP contribution in [0.1, 0.15) is 19.4 Å². The van der Waals surface area contributed by atoms with Crippen LogP contribution < -0.4 is 5.73 Å². The first-order chi connectivity index (χ1) is 7.66. The maximum absolute atomic E-state index is 6.27. The molecule has 16 heavy (non-hydrogen) atoms. The average molecular weight is 257 g/mol. The van der Waals surface area contributed by atoms with Crippen LogP contribution in [0.4, 0.5) is 0 Å². The van der Waals surface area contributed by atoms with Gasteiger partial charge in [-0.2, -0.15) is 23.5 Å². The molecule has 1 saturated heterocycles. The minimum absolute atomic E-state index is 0.241. The Morgan fingerprint density at radius 3 is 2.94 bits per heavy atom. The van der Waals surface area contributed by atoms with Crippen LogP contribution in [0.2, 0.25) is 0 Å². The first kappa shape index (κ1) is 12.4. The first-order valence-corrected chi connectivity index (χ1v) is 7.69. The fourth-order valence-electron chi connectivity index (χ4n) is 1.84. The number of nitrogens with two attached hydrogens (primary N) is 1. The molecule has 0 saturated carbocycles. The van der Waals surface area contributed by atoms with Gasteiger partial charge in [-0.15, -0.1) is 0 Å². The van der Waals surface area contributed by atoms with Crippen molar-refractivity contribution in [1.29, 1.82) is 0 Å². The fraction of sp³-hybridized carbons (Fsp3) is 0.667. The lowest BCUT2D eigenvalue weighted by atomic mass is 10.1. The number of rotatable bonds is 3. The van der Waals surface area contributed by atoms with E-state index < -0.39 is 0 Å². The van der Waals surface area contributed by atoms with E-state index in [1.807, 2.05) is 17.8 Å². The maximum Gasteiger partial charge on any atom is 0.0935 e. The van der Waals surface area contributed by atoms with Crippen LogP contribution in [-0.4, -0.2) is 27.5 Å². The number of thioether (sulfide) groups is 2. The van der Waals surface area contributed by atoms with Crippen LogP contribution >= 0.6 is 23.5 Å². The molecule has 1 aliphatic heterocycles. The van der Waals surface area contributed by atoms with E-state index in [1.165, 1.54) is 11.3 Å². The first-order valence-electron chi connectivity index (χ1n) is 5.70. The van der Waals surface area contributed by atoms with Crippen LogP contribution in [0.3, 0.4) is 0 Å². The van der Waals surface area contributed by atoms with Crippen LogP contribution in [0.15, 0.2) is 23.0 Å². The molecule has 2 nitrogen and oxygen atoms in total. The standard InChI is InChI=1S/C12H19NOS2/c1-8-9(2)16-12(7-15-8)11(13)5-10-3-4-14-6-10/h3-4,6,8-9,11-12H,5,7,13H2,1-2H3. The molecule has 4 heteroatoms. The Kier molecular flexibility index (Phi) is 4.27. The van der Waals surface area contributed by atoms with Gasteiger partial charge >= 0.3 is 0 Å². The van der Waals surface area contributed by atoms with Crippen molar-refractivity contribution >= 4 is 23.5 Å². The molecule has 0 aromatic carbocycles. The molecule has 0 bridgehead atoms. The molecule has 2 N–H and O–H groups in total. The van der Waals surface area contributed by atoms with Gasteiger partial charge in [-0.05, 0) is 18.1 Å². The highest BCUT2D eigenvalue weighted by Crippen LogP contribution is 2.37. The Labute approximate surface area is 106 Å². The van der Waals surface area contributed by atoms with Gasteiger partial charge in [0.2, 0.25) is 0 Å². The van der Waals surface area contributed by atoms with Crippen molar-refractivity contribution in [2.75, 3.05) is 5.75 Å². The lowest BCUT2D eigenvalue weighted by Crippen LogP contribution is -2.41. The SMILES string of the molecule is CC1SCC(C(N)Cc2ccoc2)SC1C. The predicted molar refractivity (Wildman–Crippen MR) is 73.1 cm³/mol. The smallest absolute Gasteiger partial charge is 0.0935 e. The Balaban J connectivity index is 1.88. The lowest BCUT2D eigenvalue weighted by Gasteiger charge is -2.34. The van der Waals surface area contributed by atoms with E-state index in [2.05, 4.69) is 25.6 Å². The summed E-state index contributed by atoms with van der Waals surface area (Å²) in [7, 11) is 0. The van der Waals surface area contributed by atoms with Crippen LogP contribution in [0.5, 0.6) is 0 Å². The molecular formula is C12H19NOS2. The van der Waals surface area contributed by atoms with Crippen LogP contribution in [0.25, 0.3) is 0 Å². The van der Waals surface area contributed by atoms with Gasteiger partial charge in [0, 0.05) is 27.5 Å². The highest BCUT2D eigenvalue weighted by Gasteiger charge is 2.29. The largest absolute Gasteiger partial charge is 0.472 e. The molecular weight excluding hydrogens is 238 g/mol. The minimum Gasteiger partial charge on any atom is -0.472 e. The number of hydrogen-bond donors (Lipinski definition) is 1. The highest BCUT2D eigenvalue weighted by atomic mass is 32.2. The molecule has 0 aliphatic carbocycles. The molecule has 4 atom stereocenters. The van der Waals surface area contributed by atoms with Crippen LogP contribution in [0, 0.1) is 0 Å². The molecule has 2 rings (SSSR count). The molecule has 1 aliphatic rings. The van der Waals surface area contributed by atoms with Crippen molar-refractivity contribution in [2.45, 2.75) is 42.1 Å². The van der Waals surface area contributed by atoms with Gasteiger partial charge in [0.05, 0.1) is 12.5 Å². The zero-order valence-electron chi connectivity index (χ0n) is 9.76. The summed E-state index contributed by atoms with van der Waals surface area (Å²) in [5.74, 6) is 1.18. The summed E-state index contributed by atoms with van der Waals surface area (Å²) in [6.45, 7) is 4.61. The molecule has 1 aromatic rings. The zero-order chi connectivity index (χ0) is 11.5. The summed E-state index contributed by atoms with van der Waals surface area (Å²) in [5, 5.41) is 2.03. The summed E-state index contributed by atoms with van der Waals surface area (Å²) in [4.78, 5) is 0. The number of furan rings is 1. The molecule has 2 heterocycles. The lowest BCUT2D eigenvalue weighted by molar-refractivity contribution is 0.559. The second kappa shape index (κ2) is 5.52. The number of hydrogen-bond acceptors (Lipinski definition) is 4. The van der Waals surface area contributed by atoms with Crippen molar-refractivity contribution < 1.29 is 4.42 Å². The van der Waals surface area contributed by atoms with E-state index in [0.29, 0.717) is 10.5 Å². The molecule has 0 spiro atoms. The molecule has 1 fully saturated rings. The van der Waals surface area contributed by atoms with E-state index in [0.717, 1.165) is 11.7 Å². The summed E-state index contributed by atoms with van der Waals surface area (Å²) >= 11 is 4.10. The van der Waals surface area contributed by atoms with Gasteiger partial charge in [-0.3, -0.25) is 0 Å². The van der Waals surface area contributed by atoms with Crippen molar-refractivity contribution in [3.8, 4) is 0 Å². The summed E-state index contributed by atoms with van der Waals surface area (Å²) in [6.07, 6.45) is 4.44. The maximum atomic E-state index is 6.27. The summed E-state index contributed by atoms with van der Waals surface area (Å²) < 4.78 is 5.07. The Morgan fingerprint density at radius 1 is 1.50 bits per heavy atom. The predicted octanol–water partition coefficient (Wildman–Crippen LogP) is 2.78. The third kappa shape index (κ3) is 2.99. The Bertz CT molecular complexity index is 315. The highest BCUT2D eigenvalue weighted by molar-refractivity contribution is 8.07.